The van der Waals surface area contributed by atoms with Crippen LogP contribution in [0.3, 0.4) is 0 Å². The first-order valence-electron chi connectivity index (χ1n) is 14.2. The lowest BCUT2D eigenvalue weighted by atomic mass is 9.79. The van der Waals surface area contributed by atoms with E-state index in [1.54, 1.807) is 9.13 Å². The molecule has 0 spiro atoms. The first kappa shape index (κ1) is 32.5. The van der Waals surface area contributed by atoms with Crippen LogP contribution in [-0.4, -0.2) is 52.5 Å². The highest BCUT2D eigenvalue weighted by Crippen LogP contribution is 2.36. The van der Waals surface area contributed by atoms with Crippen LogP contribution in [-0.2, 0) is 43.0 Å². The number of rotatable bonds is 10. The van der Waals surface area contributed by atoms with Crippen LogP contribution >= 0.6 is 0 Å². The Morgan fingerprint density at radius 1 is 0.977 bits per heavy atom. The molecule has 232 valence electrons. The minimum atomic E-state index is -4.61. The molecule has 43 heavy (non-hydrogen) atoms. The van der Waals surface area contributed by atoms with Crippen molar-refractivity contribution >= 4 is 35.5 Å². The number of hydrogen-bond acceptors (Lipinski definition) is 6. The Morgan fingerprint density at radius 2 is 1.67 bits per heavy atom. The van der Waals surface area contributed by atoms with Crippen molar-refractivity contribution in [2.75, 3.05) is 13.2 Å². The third-order valence-corrected chi connectivity index (χ3v) is 7.63. The predicted octanol–water partition coefficient (Wildman–Crippen LogP) is 4.84. The quantitative estimate of drug-likeness (QED) is 0.187. The minimum absolute atomic E-state index is 0.0306. The lowest BCUT2D eigenvalue weighted by molar-refractivity contribution is -0.141. The molecular weight excluding hydrogens is 566 g/mol. The van der Waals surface area contributed by atoms with Crippen LogP contribution in [0.4, 0.5) is 13.2 Å². The number of amides is 1. The molecule has 1 amide bonds. The van der Waals surface area contributed by atoms with Crippen LogP contribution in [0, 0.1) is 0 Å². The summed E-state index contributed by atoms with van der Waals surface area (Å²) in [5.74, 6) is -1.26. The average Bonchev–Trinajstić information content (AvgIpc) is 3.33. The van der Waals surface area contributed by atoms with Gasteiger partial charge in [0.1, 0.15) is 6.73 Å². The Hall–Kier alpha value is -3.42. The van der Waals surface area contributed by atoms with Crippen molar-refractivity contribution in [3.8, 4) is 0 Å². The standard InChI is InChI=1S/C30H37BF3N3O6/c1-7-15-40-19-37-25-18-23(31-42-28(3,4)29(5,6)43-31)12-13-24(25)36(14-9-16-41-20(2)38)27(37)35-26(39)21-10-8-11-22(17-21)30(32,33)34/h8,10-13,17-18H,7,9,14-16,19H2,1-6H3/b35-27-. The smallest absolute Gasteiger partial charge is 0.466 e. The fraction of sp³-hybridized carbons (Fsp3) is 0.500. The lowest BCUT2D eigenvalue weighted by Crippen LogP contribution is -2.41. The van der Waals surface area contributed by atoms with Crippen molar-refractivity contribution in [1.82, 2.24) is 9.13 Å². The molecule has 13 heteroatoms. The normalized spacial score (nSPS) is 16.7. The molecular formula is C30H37BF3N3O6. The number of nitrogens with zero attached hydrogens (tertiary/aromatic N) is 3. The molecule has 0 radical (unpaired) electrons. The lowest BCUT2D eigenvalue weighted by Gasteiger charge is -2.32. The van der Waals surface area contributed by atoms with Crippen LogP contribution in [0.15, 0.2) is 47.5 Å². The third kappa shape index (κ3) is 7.22. The molecule has 0 aliphatic carbocycles. The van der Waals surface area contributed by atoms with Crippen molar-refractivity contribution in [2.24, 2.45) is 4.99 Å². The van der Waals surface area contributed by atoms with Gasteiger partial charge < -0.3 is 23.3 Å². The zero-order valence-electron chi connectivity index (χ0n) is 25.3. The van der Waals surface area contributed by atoms with E-state index in [-0.39, 0.29) is 24.5 Å². The van der Waals surface area contributed by atoms with Crippen LogP contribution in [0.1, 0.15) is 70.3 Å². The van der Waals surface area contributed by atoms with Gasteiger partial charge in [0.2, 0.25) is 5.62 Å². The molecule has 0 bridgehead atoms. The molecule has 9 nitrogen and oxygen atoms in total. The fourth-order valence-electron chi connectivity index (χ4n) is 4.66. The van der Waals surface area contributed by atoms with E-state index in [0.29, 0.717) is 30.6 Å². The summed E-state index contributed by atoms with van der Waals surface area (Å²) >= 11 is 0. The summed E-state index contributed by atoms with van der Waals surface area (Å²) in [6.07, 6.45) is -3.46. The molecule has 3 aromatic rings. The Morgan fingerprint density at radius 3 is 2.30 bits per heavy atom. The Labute approximate surface area is 248 Å². The van der Waals surface area contributed by atoms with Gasteiger partial charge in [0.25, 0.3) is 5.91 Å². The van der Waals surface area contributed by atoms with Gasteiger partial charge in [0, 0.05) is 25.6 Å². The van der Waals surface area contributed by atoms with E-state index >= 15 is 0 Å². The monoisotopic (exact) mass is 603 g/mol. The highest BCUT2D eigenvalue weighted by atomic mass is 19.4. The van der Waals surface area contributed by atoms with E-state index in [4.69, 9.17) is 18.8 Å². The molecule has 0 saturated carbocycles. The van der Waals surface area contributed by atoms with Crippen molar-refractivity contribution in [1.29, 1.82) is 0 Å². The van der Waals surface area contributed by atoms with Crippen LogP contribution in [0.25, 0.3) is 11.0 Å². The summed E-state index contributed by atoms with van der Waals surface area (Å²) in [5, 5.41) is 0. The number of carbonyl (C=O) groups is 2. The number of aromatic nitrogens is 2. The maximum absolute atomic E-state index is 13.4. The number of halogens is 3. The van der Waals surface area contributed by atoms with E-state index in [2.05, 4.69) is 4.99 Å². The molecule has 4 rings (SSSR count). The van der Waals surface area contributed by atoms with E-state index in [0.717, 1.165) is 24.0 Å². The topological polar surface area (TPSA) is 93.3 Å². The van der Waals surface area contributed by atoms with Crippen molar-refractivity contribution in [2.45, 2.75) is 85.0 Å². The number of esters is 1. The Balaban J connectivity index is 1.87. The average molecular weight is 603 g/mol. The summed E-state index contributed by atoms with van der Waals surface area (Å²) < 4.78 is 67.0. The van der Waals surface area contributed by atoms with Crippen molar-refractivity contribution in [3.63, 3.8) is 0 Å². The zero-order chi connectivity index (χ0) is 31.6. The molecule has 0 N–H and O–H groups in total. The van der Waals surface area contributed by atoms with E-state index in [1.165, 1.54) is 19.1 Å². The molecule has 1 aliphatic heterocycles. The molecule has 1 saturated heterocycles. The molecule has 0 unspecified atom stereocenters. The van der Waals surface area contributed by atoms with E-state index in [1.807, 2.05) is 52.8 Å². The van der Waals surface area contributed by atoms with Gasteiger partial charge in [-0.05, 0) is 76.3 Å². The first-order valence-corrected chi connectivity index (χ1v) is 14.2. The van der Waals surface area contributed by atoms with Gasteiger partial charge in [-0.15, -0.1) is 0 Å². The number of alkyl halides is 3. The second-order valence-corrected chi connectivity index (χ2v) is 11.4. The summed E-state index contributed by atoms with van der Waals surface area (Å²) in [5.41, 5.74) is 0.00342. The van der Waals surface area contributed by atoms with Crippen molar-refractivity contribution < 1.29 is 41.5 Å². The number of carbonyl (C=O) groups excluding carboxylic acids is 2. The van der Waals surface area contributed by atoms with Gasteiger partial charge >= 0.3 is 19.3 Å². The van der Waals surface area contributed by atoms with Crippen LogP contribution in [0.5, 0.6) is 0 Å². The number of imidazole rings is 1. The minimum Gasteiger partial charge on any atom is -0.466 e. The summed E-state index contributed by atoms with van der Waals surface area (Å²) in [6.45, 7) is 12.0. The third-order valence-electron chi connectivity index (χ3n) is 7.63. The van der Waals surface area contributed by atoms with Gasteiger partial charge in [0.15, 0.2) is 0 Å². The number of aryl methyl sites for hydroxylation is 1. The first-order chi connectivity index (χ1) is 20.1. The van der Waals surface area contributed by atoms with Crippen molar-refractivity contribution in [3.05, 3.63) is 59.2 Å². The maximum atomic E-state index is 13.4. The second kappa shape index (κ2) is 12.7. The van der Waals surface area contributed by atoms with Gasteiger partial charge in [-0.1, -0.05) is 19.1 Å². The Bertz CT molecular complexity index is 1540. The second-order valence-electron chi connectivity index (χ2n) is 11.4. The molecule has 2 aromatic carbocycles. The fourth-order valence-corrected chi connectivity index (χ4v) is 4.66. The highest BCUT2D eigenvalue weighted by molar-refractivity contribution is 6.62. The maximum Gasteiger partial charge on any atom is 0.494 e. The molecule has 0 atom stereocenters. The summed E-state index contributed by atoms with van der Waals surface area (Å²) in [4.78, 5) is 29.0. The largest absolute Gasteiger partial charge is 0.494 e. The van der Waals surface area contributed by atoms with Gasteiger partial charge in [-0.25, -0.2) is 0 Å². The van der Waals surface area contributed by atoms with E-state index < -0.39 is 41.9 Å². The van der Waals surface area contributed by atoms with Gasteiger partial charge in [0.05, 0.1) is 34.4 Å². The van der Waals surface area contributed by atoms with Gasteiger partial charge in [-0.3, -0.25) is 14.2 Å². The SMILES string of the molecule is CCCOCn1/c(=N\C(=O)c2cccc(C(F)(F)F)c2)n(CCCOC(C)=O)c2ccc(B3OC(C)(C)C(C)(C)O3)cc21. The number of benzene rings is 2. The number of ether oxygens (including phenoxy) is 2. The zero-order valence-corrected chi connectivity index (χ0v) is 25.3. The molecule has 2 heterocycles. The van der Waals surface area contributed by atoms with Crippen LogP contribution < -0.4 is 11.1 Å². The van der Waals surface area contributed by atoms with Gasteiger partial charge in [-0.2, -0.15) is 18.2 Å². The molecule has 1 aliphatic rings. The highest BCUT2D eigenvalue weighted by Gasteiger charge is 2.51. The molecule has 1 aromatic heterocycles. The summed E-state index contributed by atoms with van der Waals surface area (Å²) in [6, 6.07) is 9.75. The Kier molecular flexibility index (Phi) is 9.58. The number of hydrogen-bond donors (Lipinski definition) is 0. The summed E-state index contributed by atoms with van der Waals surface area (Å²) in [7, 11) is -0.654. The predicted molar refractivity (Wildman–Crippen MR) is 154 cm³/mol. The number of fused-ring (bicyclic) bond motifs is 1. The van der Waals surface area contributed by atoms with Crippen LogP contribution in [0.2, 0.25) is 0 Å². The molecule has 1 fully saturated rings. The van der Waals surface area contributed by atoms with E-state index in [9.17, 15) is 22.8 Å².